The quantitative estimate of drug-likeness (QED) is 0.819. The summed E-state index contributed by atoms with van der Waals surface area (Å²) in [7, 11) is 0. The maximum Gasteiger partial charge on any atom is 0.335 e. The first-order chi connectivity index (χ1) is 11.9. The van der Waals surface area contributed by atoms with E-state index in [0.717, 1.165) is 17.3 Å². The minimum Gasteiger partial charge on any atom is -0.478 e. The SMILES string of the molecule is CC(=O)NC1=NC(=O)/C(=C\c2ccc(-c3ccc(C(=O)O)cc3)o2)S1. The third kappa shape index (κ3) is 3.86. The predicted octanol–water partition coefficient (Wildman–Crippen LogP) is 2.75. The van der Waals surface area contributed by atoms with Gasteiger partial charge in [0.05, 0.1) is 10.5 Å². The van der Waals surface area contributed by atoms with Gasteiger partial charge >= 0.3 is 5.97 Å². The van der Waals surface area contributed by atoms with Crippen LogP contribution in [0.15, 0.2) is 50.7 Å². The molecule has 0 spiro atoms. The maximum absolute atomic E-state index is 11.8. The van der Waals surface area contributed by atoms with Crippen molar-refractivity contribution in [2.45, 2.75) is 6.92 Å². The fourth-order valence-corrected chi connectivity index (χ4v) is 2.94. The fraction of sp³-hybridized carbons (Fsp3) is 0.0588. The molecule has 3 rings (SSSR count). The zero-order valence-electron chi connectivity index (χ0n) is 13.0. The van der Waals surface area contributed by atoms with Crippen LogP contribution in [0.1, 0.15) is 23.0 Å². The molecule has 126 valence electrons. The standard InChI is InChI=1S/C17H12N2O5S/c1-9(20)18-17-19-15(21)14(25-17)8-12-6-7-13(24-12)10-2-4-11(5-3-10)16(22)23/h2-8H,1H3,(H,22,23)(H,18,19,20,21)/b14-8+. The third-order valence-electron chi connectivity index (χ3n) is 3.22. The molecule has 0 bridgehead atoms. The number of rotatable bonds is 3. The highest BCUT2D eigenvalue weighted by molar-refractivity contribution is 8.18. The normalized spacial score (nSPS) is 15.3. The summed E-state index contributed by atoms with van der Waals surface area (Å²) in [6, 6.07) is 9.68. The number of amides is 2. The second-order valence-electron chi connectivity index (χ2n) is 5.10. The molecule has 2 heterocycles. The molecule has 1 aromatic carbocycles. The summed E-state index contributed by atoms with van der Waals surface area (Å²) in [5.74, 6) is -0.749. The van der Waals surface area contributed by atoms with Gasteiger partial charge in [-0.1, -0.05) is 12.1 Å². The highest BCUT2D eigenvalue weighted by Gasteiger charge is 2.23. The molecule has 0 saturated heterocycles. The van der Waals surface area contributed by atoms with Gasteiger partial charge in [-0.05, 0) is 36.0 Å². The first-order valence-electron chi connectivity index (χ1n) is 7.16. The van der Waals surface area contributed by atoms with Crippen molar-refractivity contribution in [2.75, 3.05) is 0 Å². The van der Waals surface area contributed by atoms with E-state index in [1.54, 1.807) is 30.3 Å². The van der Waals surface area contributed by atoms with Crippen molar-refractivity contribution in [2.24, 2.45) is 4.99 Å². The van der Waals surface area contributed by atoms with E-state index in [0.29, 0.717) is 16.4 Å². The molecule has 1 aliphatic heterocycles. The molecule has 0 saturated carbocycles. The Labute approximate surface area is 146 Å². The average Bonchev–Trinajstić information content (AvgIpc) is 3.14. The number of benzene rings is 1. The second-order valence-corrected chi connectivity index (χ2v) is 6.13. The van der Waals surface area contributed by atoms with Crippen LogP contribution < -0.4 is 5.32 Å². The van der Waals surface area contributed by atoms with Gasteiger partial charge in [0, 0.05) is 18.6 Å². The Morgan fingerprint density at radius 2 is 1.92 bits per heavy atom. The van der Waals surface area contributed by atoms with E-state index < -0.39 is 11.9 Å². The fourth-order valence-electron chi connectivity index (χ4n) is 2.11. The van der Waals surface area contributed by atoms with Crippen LogP contribution in [0.5, 0.6) is 0 Å². The monoisotopic (exact) mass is 356 g/mol. The summed E-state index contributed by atoms with van der Waals surface area (Å²) in [5, 5.41) is 11.6. The number of nitrogens with one attached hydrogen (secondary N) is 1. The Kier molecular flexibility index (Phi) is 4.53. The number of aliphatic imine (C=N–C) groups is 1. The van der Waals surface area contributed by atoms with Gasteiger partial charge in [-0.3, -0.25) is 9.59 Å². The van der Waals surface area contributed by atoms with Gasteiger partial charge in [0.25, 0.3) is 5.91 Å². The van der Waals surface area contributed by atoms with Crippen LogP contribution in [0.4, 0.5) is 0 Å². The molecule has 0 atom stereocenters. The van der Waals surface area contributed by atoms with Crippen LogP contribution >= 0.6 is 11.8 Å². The smallest absolute Gasteiger partial charge is 0.335 e. The van der Waals surface area contributed by atoms with E-state index in [9.17, 15) is 14.4 Å². The molecule has 0 unspecified atom stereocenters. The summed E-state index contributed by atoms with van der Waals surface area (Å²) in [6.45, 7) is 1.34. The lowest BCUT2D eigenvalue weighted by Gasteiger charge is -1.98. The van der Waals surface area contributed by atoms with Crippen LogP contribution in [0.3, 0.4) is 0 Å². The van der Waals surface area contributed by atoms with Crippen molar-refractivity contribution in [1.82, 2.24) is 5.32 Å². The largest absolute Gasteiger partial charge is 0.478 e. The number of aromatic carboxylic acids is 1. The zero-order valence-corrected chi connectivity index (χ0v) is 13.8. The van der Waals surface area contributed by atoms with Gasteiger partial charge in [0.2, 0.25) is 5.91 Å². The number of carbonyl (C=O) groups excluding carboxylic acids is 2. The minimum atomic E-state index is -0.997. The van der Waals surface area contributed by atoms with Crippen molar-refractivity contribution >= 4 is 40.8 Å². The molecule has 7 nitrogen and oxygen atoms in total. The number of nitrogens with zero attached hydrogens (tertiary/aromatic N) is 1. The molecule has 2 amide bonds. The Bertz CT molecular complexity index is 925. The lowest BCUT2D eigenvalue weighted by atomic mass is 10.1. The van der Waals surface area contributed by atoms with E-state index >= 15 is 0 Å². The van der Waals surface area contributed by atoms with Crippen molar-refractivity contribution in [3.63, 3.8) is 0 Å². The first-order valence-corrected chi connectivity index (χ1v) is 7.98. The number of amidine groups is 1. The Balaban J connectivity index is 1.77. The van der Waals surface area contributed by atoms with Crippen molar-refractivity contribution in [3.8, 4) is 11.3 Å². The Hall–Kier alpha value is -3.13. The third-order valence-corrected chi connectivity index (χ3v) is 4.12. The predicted molar refractivity (Wildman–Crippen MR) is 92.9 cm³/mol. The van der Waals surface area contributed by atoms with Gasteiger partial charge in [0.1, 0.15) is 11.5 Å². The number of thioether (sulfide) groups is 1. The van der Waals surface area contributed by atoms with Crippen LogP contribution in [0.2, 0.25) is 0 Å². The van der Waals surface area contributed by atoms with E-state index in [4.69, 9.17) is 9.52 Å². The van der Waals surface area contributed by atoms with Gasteiger partial charge in [-0.15, -0.1) is 0 Å². The lowest BCUT2D eigenvalue weighted by Crippen LogP contribution is -2.23. The molecule has 1 aliphatic rings. The molecule has 8 heteroatoms. The highest BCUT2D eigenvalue weighted by atomic mass is 32.2. The van der Waals surface area contributed by atoms with Crippen LogP contribution in [-0.4, -0.2) is 28.1 Å². The average molecular weight is 356 g/mol. The maximum atomic E-state index is 11.8. The van der Waals surface area contributed by atoms with Gasteiger partial charge in [0.15, 0.2) is 5.17 Å². The Morgan fingerprint density at radius 1 is 1.20 bits per heavy atom. The van der Waals surface area contributed by atoms with Crippen LogP contribution in [0, 0.1) is 0 Å². The molecule has 2 aromatic rings. The van der Waals surface area contributed by atoms with Crippen molar-refractivity contribution in [1.29, 1.82) is 0 Å². The van der Waals surface area contributed by atoms with Crippen molar-refractivity contribution in [3.05, 3.63) is 52.6 Å². The Morgan fingerprint density at radius 3 is 2.56 bits per heavy atom. The van der Waals surface area contributed by atoms with E-state index in [-0.39, 0.29) is 16.6 Å². The molecule has 25 heavy (non-hydrogen) atoms. The first kappa shape index (κ1) is 16.7. The van der Waals surface area contributed by atoms with E-state index in [2.05, 4.69) is 10.3 Å². The molecule has 1 aromatic heterocycles. The van der Waals surface area contributed by atoms with Gasteiger partial charge in [-0.25, -0.2) is 4.79 Å². The van der Waals surface area contributed by atoms with Gasteiger partial charge in [-0.2, -0.15) is 4.99 Å². The van der Waals surface area contributed by atoms with E-state index in [1.807, 2.05) is 0 Å². The molecule has 0 radical (unpaired) electrons. The van der Waals surface area contributed by atoms with Crippen molar-refractivity contribution < 1.29 is 23.9 Å². The summed E-state index contributed by atoms with van der Waals surface area (Å²) < 4.78 is 5.67. The number of furan rings is 1. The van der Waals surface area contributed by atoms with Crippen LogP contribution in [0.25, 0.3) is 17.4 Å². The number of carboxylic acid groups (broad SMARTS) is 1. The summed E-state index contributed by atoms with van der Waals surface area (Å²) in [5.41, 5.74) is 0.906. The van der Waals surface area contributed by atoms with E-state index in [1.165, 1.54) is 19.1 Å². The lowest BCUT2D eigenvalue weighted by molar-refractivity contribution is -0.117. The number of carbonyl (C=O) groups is 3. The molecular weight excluding hydrogens is 344 g/mol. The summed E-state index contributed by atoms with van der Waals surface area (Å²) in [4.78, 5) is 37.8. The highest BCUT2D eigenvalue weighted by Crippen LogP contribution is 2.29. The molecular formula is C17H12N2O5S. The second kappa shape index (κ2) is 6.78. The topological polar surface area (TPSA) is 109 Å². The molecule has 2 N–H and O–H groups in total. The number of hydrogen-bond acceptors (Lipinski definition) is 5. The summed E-state index contributed by atoms with van der Waals surface area (Å²) >= 11 is 1.06. The van der Waals surface area contributed by atoms with Crippen LogP contribution in [-0.2, 0) is 9.59 Å². The molecule has 0 fully saturated rings. The zero-order chi connectivity index (χ0) is 18.0. The molecule has 0 aliphatic carbocycles. The number of hydrogen-bond donors (Lipinski definition) is 2. The summed E-state index contributed by atoms with van der Waals surface area (Å²) in [6.07, 6.45) is 1.54. The number of carboxylic acids is 1. The minimum absolute atomic E-state index is 0.188. The van der Waals surface area contributed by atoms with Gasteiger partial charge < -0.3 is 14.8 Å².